The highest BCUT2D eigenvalue weighted by Gasteiger charge is 2.35. The number of piperidine rings is 1. The third kappa shape index (κ3) is 2.95. The highest BCUT2D eigenvalue weighted by Crippen LogP contribution is 2.47. The molecule has 9 heteroatoms. The van der Waals surface area contributed by atoms with Gasteiger partial charge in [0.1, 0.15) is 12.4 Å². The van der Waals surface area contributed by atoms with Gasteiger partial charge in [-0.25, -0.2) is 9.37 Å². The molecule has 2 aliphatic rings. The van der Waals surface area contributed by atoms with Crippen molar-refractivity contribution in [1.82, 2.24) is 9.88 Å². The van der Waals surface area contributed by atoms with Gasteiger partial charge in [0.25, 0.3) is 5.91 Å². The summed E-state index contributed by atoms with van der Waals surface area (Å²) in [5.41, 5.74) is 7.53. The summed E-state index contributed by atoms with van der Waals surface area (Å²) in [5.74, 6) is -0.228. The molecule has 150 valence electrons. The number of hydrogen-bond donors (Lipinski definition) is 1. The van der Waals surface area contributed by atoms with E-state index in [4.69, 9.17) is 33.7 Å². The molecule has 1 fully saturated rings. The van der Waals surface area contributed by atoms with E-state index in [9.17, 15) is 9.18 Å². The predicted molar refractivity (Wildman–Crippen MR) is 114 cm³/mol. The first kappa shape index (κ1) is 18.9. The molecule has 0 unspecified atom stereocenters. The smallest absolute Gasteiger partial charge is 0.258 e. The zero-order valence-corrected chi connectivity index (χ0v) is 17.5. The third-order valence-electron chi connectivity index (χ3n) is 5.49. The summed E-state index contributed by atoms with van der Waals surface area (Å²) >= 11 is 14.4. The van der Waals surface area contributed by atoms with Gasteiger partial charge in [-0.1, -0.05) is 34.5 Å². The number of anilines is 1. The molecular weight excluding hydrogens is 436 g/mol. The van der Waals surface area contributed by atoms with Crippen LogP contribution in [0.3, 0.4) is 0 Å². The Morgan fingerprint density at radius 1 is 1.28 bits per heavy atom. The monoisotopic (exact) mass is 451 g/mol. The number of fused-ring (bicyclic) bond motifs is 3. The van der Waals surface area contributed by atoms with Gasteiger partial charge in [0.15, 0.2) is 10.9 Å². The molecule has 0 aliphatic carbocycles. The van der Waals surface area contributed by atoms with Crippen molar-refractivity contribution in [2.45, 2.75) is 25.3 Å². The Morgan fingerprint density at radius 2 is 2.10 bits per heavy atom. The molecular formula is C20H16Cl2FN3O2S. The van der Waals surface area contributed by atoms with Crippen molar-refractivity contribution >= 4 is 55.8 Å². The van der Waals surface area contributed by atoms with Crippen LogP contribution in [-0.4, -0.2) is 35.0 Å². The van der Waals surface area contributed by atoms with E-state index in [1.54, 1.807) is 12.1 Å². The van der Waals surface area contributed by atoms with E-state index in [1.807, 2.05) is 4.90 Å². The minimum absolute atomic E-state index is 0.0257. The lowest BCUT2D eigenvalue weighted by Crippen LogP contribution is -2.45. The molecule has 1 amide bonds. The predicted octanol–water partition coefficient (Wildman–Crippen LogP) is 5.38. The molecule has 2 aromatic carbocycles. The van der Waals surface area contributed by atoms with E-state index in [0.717, 1.165) is 30.6 Å². The highest BCUT2D eigenvalue weighted by atomic mass is 35.5. The van der Waals surface area contributed by atoms with Gasteiger partial charge in [0, 0.05) is 17.7 Å². The fourth-order valence-electron chi connectivity index (χ4n) is 4.12. The zero-order chi connectivity index (χ0) is 20.3. The number of hydrogen-bond acceptors (Lipinski definition) is 5. The van der Waals surface area contributed by atoms with Crippen LogP contribution in [0.5, 0.6) is 5.75 Å². The summed E-state index contributed by atoms with van der Waals surface area (Å²) in [4.78, 5) is 19.2. The minimum atomic E-state index is -0.414. The van der Waals surface area contributed by atoms with Crippen LogP contribution < -0.4 is 10.5 Å². The van der Waals surface area contributed by atoms with Crippen LogP contribution in [0.1, 0.15) is 29.6 Å². The van der Waals surface area contributed by atoms with E-state index in [0.29, 0.717) is 45.8 Å². The van der Waals surface area contributed by atoms with Gasteiger partial charge in [-0.15, -0.1) is 0 Å². The van der Waals surface area contributed by atoms with Crippen LogP contribution in [0.15, 0.2) is 18.2 Å². The number of thiazole rings is 1. The van der Waals surface area contributed by atoms with Gasteiger partial charge in [0.2, 0.25) is 0 Å². The number of amides is 1. The second-order valence-corrected chi connectivity index (χ2v) is 9.02. The first-order valence-corrected chi connectivity index (χ1v) is 10.8. The van der Waals surface area contributed by atoms with E-state index in [1.165, 1.54) is 6.07 Å². The van der Waals surface area contributed by atoms with Crippen molar-refractivity contribution < 1.29 is 13.9 Å². The third-order valence-corrected chi connectivity index (χ3v) is 7.04. The minimum Gasteiger partial charge on any atom is -0.489 e. The quantitative estimate of drug-likeness (QED) is 0.539. The first-order chi connectivity index (χ1) is 14.0. The van der Waals surface area contributed by atoms with Crippen molar-refractivity contribution in [3.05, 3.63) is 39.6 Å². The SMILES string of the molecule is Nc1nc2c(-c3c(Cl)cc4c(c3Cl)OC[C@H]3CCCCN3C4=O)ccc(F)c2s1. The Balaban J connectivity index is 1.71. The molecule has 5 nitrogen and oxygen atoms in total. The van der Waals surface area contributed by atoms with Gasteiger partial charge in [-0.05, 0) is 37.5 Å². The zero-order valence-electron chi connectivity index (χ0n) is 15.2. The van der Waals surface area contributed by atoms with Gasteiger partial charge in [0.05, 0.1) is 31.9 Å². The summed E-state index contributed by atoms with van der Waals surface area (Å²) in [7, 11) is 0. The Hall–Kier alpha value is -2.09. The number of carbonyl (C=O) groups excluding carboxylic acids is 1. The molecule has 3 aromatic rings. The van der Waals surface area contributed by atoms with Crippen LogP contribution >= 0.6 is 34.5 Å². The van der Waals surface area contributed by atoms with Crippen LogP contribution in [0.25, 0.3) is 21.3 Å². The molecule has 5 rings (SSSR count). The summed E-state index contributed by atoms with van der Waals surface area (Å²) in [6, 6.07) is 4.51. The molecule has 0 saturated carbocycles. The topological polar surface area (TPSA) is 68.5 Å². The highest BCUT2D eigenvalue weighted by molar-refractivity contribution is 7.22. The van der Waals surface area contributed by atoms with Gasteiger partial charge in [-0.2, -0.15) is 0 Å². The molecule has 2 aliphatic heterocycles. The van der Waals surface area contributed by atoms with Crippen molar-refractivity contribution in [3.8, 4) is 16.9 Å². The van der Waals surface area contributed by atoms with Crippen molar-refractivity contribution in [1.29, 1.82) is 0 Å². The summed E-state index contributed by atoms with van der Waals surface area (Å²) < 4.78 is 20.6. The summed E-state index contributed by atoms with van der Waals surface area (Å²) in [5, 5.41) is 0.748. The molecule has 29 heavy (non-hydrogen) atoms. The fraction of sp³-hybridized carbons (Fsp3) is 0.300. The van der Waals surface area contributed by atoms with Crippen molar-refractivity contribution in [2.24, 2.45) is 0 Å². The van der Waals surface area contributed by atoms with E-state index in [2.05, 4.69) is 4.98 Å². The van der Waals surface area contributed by atoms with Gasteiger partial charge < -0.3 is 15.4 Å². The Morgan fingerprint density at radius 3 is 2.93 bits per heavy atom. The Labute approximate surface area is 180 Å². The second-order valence-electron chi connectivity index (χ2n) is 7.21. The number of benzene rings is 2. The maximum absolute atomic E-state index is 14.2. The number of ether oxygens (including phenoxy) is 1. The fourth-order valence-corrected chi connectivity index (χ4v) is 5.59. The molecule has 1 atom stereocenters. The lowest BCUT2D eigenvalue weighted by atomic mass is 9.99. The molecule has 0 spiro atoms. The van der Waals surface area contributed by atoms with Gasteiger partial charge in [-0.3, -0.25) is 4.79 Å². The number of nitrogens with zero attached hydrogens (tertiary/aromatic N) is 2. The normalized spacial score (nSPS) is 18.9. The number of halogens is 3. The van der Waals surface area contributed by atoms with E-state index in [-0.39, 0.29) is 27.1 Å². The largest absolute Gasteiger partial charge is 0.489 e. The second kappa shape index (κ2) is 7.00. The van der Waals surface area contributed by atoms with Crippen LogP contribution in [0, 0.1) is 5.82 Å². The Bertz CT molecular complexity index is 1170. The van der Waals surface area contributed by atoms with E-state index >= 15 is 0 Å². The van der Waals surface area contributed by atoms with Crippen molar-refractivity contribution in [3.63, 3.8) is 0 Å². The number of nitrogen functional groups attached to an aromatic ring is 1. The molecule has 1 aromatic heterocycles. The summed E-state index contributed by atoms with van der Waals surface area (Å²) in [6.07, 6.45) is 2.93. The lowest BCUT2D eigenvalue weighted by Gasteiger charge is -2.33. The van der Waals surface area contributed by atoms with Gasteiger partial charge >= 0.3 is 0 Å². The van der Waals surface area contributed by atoms with Crippen LogP contribution in [-0.2, 0) is 0 Å². The molecule has 0 radical (unpaired) electrons. The van der Waals surface area contributed by atoms with E-state index < -0.39 is 5.82 Å². The number of nitrogens with two attached hydrogens (primary N) is 1. The Kier molecular flexibility index (Phi) is 4.57. The van der Waals surface area contributed by atoms with Crippen LogP contribution in [0.4, 0.5) is 9.52 Å². The summed E-state index contributed by atoms with van der Waals surface area (Å²) in [6.45, 7) is 1.07. The first-order valence-electron chi connectivity index (χ1n) is 9.26. The molecule has 3 heterocycles. The molecule has 0 bridgehead atoms. The molecule has 2 N–H and O–H groups in total. The van der Waals surface area contributed by atoms with Crippen LogP contribution in [0.2, 0.25) is 10.0 Å². The lowest BCUT2D eigenvalue weighted by molar-refractivity contribution is 0.0578. The maximum Gasteiger partial charge on any atom is 0.258 e. The molecule has 1 saturated heterocycles. The van der Waals surface area contributed by atoms with Crippen molar-refractivity contribution in [2.75, 3.05) is 18.9 Å². The number of rotatable bonds is 1. The maximum atomic E-state index is 14.2. The average Bonchev–Trinajstić information content (AvgIpc) is 3.04. The average molecular weight is 452 g/mol. The standard InChI is InChI=1S/C20H16Cl2FN3O2S/c21-12-7-11-17(28-8-9-3-1-2-6-26(9)19(11)27)15(22)14(12)10-4-5-13(23)18-16(10)25-20(24)29-18/h4-5,7,9H,1-3,6,8H2,(H2,24,25)/t9-/m1/s1. The number of aromatic nitrogens is 1. The number of carbonyl (C=O) groups is 1.